The summed E-state index contributed by atoms with van der Waals surface area (Å²) in [6.45, 7) is -0.0135. The van der Waals surface area contributed by atoms with E-state index in [4.69, 9.17) is 39.5 Å². The van der Waals surface area contributed by atoms with Gasteiger partial charge in [0.25, 0.3) is 10.0 Å². The summed E-state index contributed by atoms with van der Waals surface area (Å²) >= 11 is 11.8. The Labute approximate surface area is 187 Å². The minimum atomic E-state index is -4.17. The van der Waals surface area contributed by atoms with Crippen molar-refractivity contribution in [3.05, 3.63) is 70.7 Å². The fourth-order valence-corrected chi connectivity index (χ4v) is 4.08. The molecule has 3 aromatic rings. The molecule has 3 rings (SSSR count). The van der Waals surface area contributed by atoms with Crippen LogP contribution < -0.4 is 21.0 Å². The monoisotopic (exact) mass is 483 g/mol. The first-order chi connectivity index (χ1) is 14.7. The van der Waals surface area contributed by atoms with Crippen LogP contribution in [0, 0.1) is 5.82 Å². The summed E-state index contributed by atoms with van der Waals surface area (Å²) in [5.74, 6) is 4.75. The molecule has 31 heavy (non-hydrogen) atoms. The van der Waals surface area contributed by atoms with Crippen molar-refractivity contribution in [1.29, 1.82) is 0 Å². The van der Waals surface area contributed by atoms with Gasteiger partial charge in [-0.15, -0.1) is 0 Å². The van der Waals surface area contributed by atoms with Crippen molar-refractivity contribution in [3.8, 4) is 16.9 Å². The number of nitrogens with one attached hydrogen (secondary N) is 1. The fraction of sp³-hybridized carbons (Fsp3) is 0.0526. The second kappa shape index (κ2) is 9.38. The number of nitrogens with two attached hydrogens (primary N) is 2. The van der Waals surface area contributed by atoms with E-state index in [9.17, 15) is 12.8 Å². The highest BCUT2D eigenvalue weighted by molar-refractivity contribution is 7.92. The van der Waals surface area contributed by atoms with Gasteiger partial charge >= 0.3 is 0 Å². The maximum atomic E-state index is 14.7. The van der Waals surface area contributed by atoms with Gasteiger partial charge in [-0.2, -0.15) is 5.10 Å². The number of sulfonamides is 1. The quantitative estimate of drug-likeness (QED) is 0.203. The maximum absolute atomic E-state index is 14.7. The highest BCUT2D eigenvalue weighted by atomic mass is 35.5. The number of aromatic nitrogens is 1. The van der Waals surface area contributed by atoms with E-state index in [1.807, 2.05) is 0 Å². The minimum Gasteiger partial charge on any atom is -0.486 e. The van der Waals surface area contributed by atoms with Gasteiger partial charge in [0.2, 0.25) is 0 Å². The first kappa shape index (κ1) is 22.6. The van der Waals surface area contributed by atoms with Crippen LogP contribution in [0.1, 0.15) is 0 Å². The Bertz CT molecular complexity index is 1240. The molecule has 1 heterocycles. The number of anilines is 1. The first-order valence-corrected chi connectivity index (χ1v) is 10.8. The van der Waals surface area contributed by atoms with Crippen molar-refractivity contribution < 1.29 is 17.5 Å². The smallest absolute Gasteiger partial charge is 0.263 e. The third kappa shape index (κ3) is 5.54. The lowest BCUT2D eigenvalue weighted by molar-refractivity contribution is 0.375. The van der Waals surface area contributed by atoms with Crippen LogP contribution in [0.3, 0.4) is 0 Å². The zero-order chi connectivity index (χ0) is 22.6. The van der Waals surface area contributed by atoms with Crippen LogP contribution in [0.25, 0.3) is 11.1 Å². The summed E-state index contributed by atoms with van der Waals surface area (Å²) in [5.41, 5.74) is 5.90. The molecule has 2 aromatic carbocycles. The molecule has 8 nitrogen and oxygen atoms in total. The van der Waals surface area contributed by atoms with Crippen molar-refractivity contribution in [2.45, 2.75) is 4.90 Å². The van der Waals surface area contributed by atoms with Gasteiger partial charge in [0.05, 0.1) is 10.7 Å². The molecule has 0 spiro atoms. The molecule has 0 bridgehead atoms. The third-order valence-corrected chi connectivity index (χ3v) is 5.74. The van der Waals surface area contributed by atoms with Crippen molar-refractivity contribution in [2.24, 2.45) is 16.7 Å². The zero-order valence-corrected chi connectivity index (χ0v) is 18.0. The number of hydrazone groups is 1. The number of ether oxygens (including phenoxy) is 1. The van der Waals surface area contributed by atoms with Crippen LogP contribution >= 0.6 is 23.2 Å². The van der Waals surface area contributed by atoms with Gasteiger partial charge in [-0.25, -0.2) is 12.8 Å². The van der Waals surface area contributed by atoms with Crippen molar-refractivity contribution in [2.75, 3.05) is 11.3 Å². The number of halogens is 3. The Morgan fingerprint density at radius 1 is 1.13 bits per heavy atom. The molecule has 0 radical (unpaired) electrons. The first-order valence-electron chi connectivity index (χ1n) is 8.57. The molecular formula is C19H16Cl2FN5O3S. The number of amidine groups is 1. The van der Waals surface area contributed by atoms with E-state index in [1.54, 1.807) is 24.3 Å². The minimum absolute atomic E-state index is 0.0135. The summed E-state index contributed by atoms with van der Waals surface area (Å²) in [4.78, 5) is 3.53. The predicted octanol–water partition coefficient (Wildman–Crippen LogP) is 3.61. The van der Waals surface area contributed by atoms with Crippen LogP contribution in [0.5, 0.6) is 5.75 Å². The van der Waals surface area contributed by atoms with Gasteiger partial charge in [0.1, 0.15) is 23.1 Å². The van der Waals surface area contributed by atoms with Crippen LogP contribution in [0.15, 0.2) is 64.9 Å². The number of nitrogens with zero attached hydrogens (tertiary/aromatic N) is 2. The second-order valence-electron chi connectivity index (χ2n) is 6.19. The Hall–Kier alpha value is -3.08. The number of hydrogen-bond donors (Lipinski definition) is 3. The summed E-state index contributed by atoms with van der Waals surface area (Å²) < 4.78 is 47.9. The number of pyridine rings is 1. The van der Waals surface area contributed by atoms with E-state index < -0.39 is 15.8 Å². The number of hydrogen-bond acceptors (Lipinski definition) is 6. The molecule has 0 amide bonds. The van der Waals surface area contributed by atoms with Gasteiger partial charge in [-0.1, -0.05) is 35.3 Å². The molecule has 0 saturated heterocycles. The van der Waals surface area contributed by atoms with Crippen molar-refractivity contribution in [3.63, 3.8) is 0 Å². The lowest BCUT2D eigenvalue weighted by Crippen LogP contribution is -2.22. The van der Waals surface area contributed by atoms with Crippen LogP contribution in [0.4, 0.5) is 10.1 Å². The topological polar surface area (TPSA) is 133 Å². The summed E-state index contributed by atoms with van der Waals surface area (Å²) in [5, 5.41) is 3.51. The van der Waals surface area contributed by atoms with Gasteiger partial charge < -0.3 is 16.3 Å². The third-order valence-electron chi connectivity index (χ3n) is 4.00. The largest absolute Gasteiger partial charge is 0.486 e. The molecule has 0 fully saturated rings. The highest BCUT2D eigenvalue weighted by Gasteiger charge is 2.21. The van der Waals surface area contributed by atoms with E-state index in [1.165, 1.54) is 18.3 Å². The van der Waals surface area contributed by atoms with E-state index in [2.05, 4.69) is 14.8 Å². The molecule has 0 aliphatic heterocycles. The van der Waals surface area contributed by atoms with Gasteiger partial charge in [-0.05, 0) is 35.9 Å². The van der Waals surface area contributed by atoms with Crippen molar-refractivity contribution >= 4 is 44.7 Å². The van der Waals surface area contributed by atoms with E-state index >= 15 is 0 Å². The zero-order valence-electron chi connectivity index (χ0n) is 15.7. The molecule has 12 heteroatoms. The standard InChI is InChI=1S/C19H16Cl2FN5O3S/c20-12-6-16(11-1-3-14(4-2-11)30-10-18(23)26-24)19(17(22)7-12)27-31(28,29)15-5-13(21)8-25-9-15/h1-9,27H,10,24H2,(H2,23,26). The Kier molecular flexibility index (Phi) is 6.84. The van der Waals surface area contributed by atoms with Gasteiger partial charge in [0, 0.05) is 23.0 Å². The molecule has 1 aromatic heterocycles. The average molecular weight is 484 g/mol. The van der Waals surface area contributed by atoms with E-state index in [0.717, 1.165) is 12.3 Å². The fourth-order valence-electron chi connectivity index (χ4n) is 2.56. The second-order valence-corrected chi connectivity index (χ2v) is 8.74. The SMILES string of the molecule is N/N=C(\N)COc1ccc(-c2cc(Cl)cc(F)c2NS(=O)(=O)c2cncc(Cl)c2)cc1. The highest BCUT2D eigenvalue weighted by Crippen LogP contribution is 2.35. The van der Waals surface area contributed by atoms with Gasteiger partial charge in [-0.3, -0.25) is 9.71 Å². The molecule has 0 saturated carbocycles. The lowest BCUT2D eigenvalue weighted by atomic mass is 10.0. The Morgan fingerprint density at radius 3 is 2.48 bits per heavy atom. The van der Waals surface area contributed by atoms with Crippen LogP contribution in [0.2, 0.25) is 10.0 Å². The summed E-state index contributed by atoms with van der Waals surface area (Å²) in [7, 11) is -4.17. The number of rotatable bonds is 7. The van der Waals surface area contributed by atoms with Crippen LogP contribution in [-0.4, -0.2) is 25.8 Å². The van der Waals surface area contributed by atoms with E-state index in [0.29, 0.717) is 11.3 Å². The Balaban J connectivity index is 1.97. The normalized spacial score (nSPS) is 11.9. The molecule has 162 valence electrons. The number of benzene rings is 2. The molecule has 0 atom stereocenters. The summed E-state index contributed by atoms with van der Waals surface area (Å²) in [6.07, 6.45) is 2.38. The van der Waals surface area contributed by atoms with Crippen LogP contribution in [-0.2, 0) is 10.0 Å². The molecule has 0 unspecified atom stereocenters. The van der Waals surface area contributed by atoms with E-state index in [-0.39, 0.29) is 38.6 Å². The molecule has 5 N–H and O–H groups in total. The van der Waals surface area contributed by atoms with Gasteiger partial charge in [0.15, 0.2) is 5.84 Å². The molecule has 0 aliphatic carbocycles. The lowest BCUT2D eigenvalue weighted by Gasteiger charge is -2.15. The summed E-state index contributed by atoms with van der Waals surface area (Å²) in [6, 6.07) is 10.0. The predicted molar refractivity (Wildman–Crippen MR) is 118 cm³/mol. The maximum Gasteiger partial charge on any atom is 0.263 e. The molecular weight excluding hydrogens is 468 g/mol. The Morgan fingerprint density at radius 2 is 1.84 bits per heavy atom. The average Bonchev–Trinajstić information content (AvgIpc) is 2.74. The molecule has 0 aliphatic rings. The van der Waals surface area contributed by atoms with Crippen molar-refractivity contribution in [1.82, 2.24) is 4.98 Å².